The van der Waals surface area contributed by atoms with Gasteiger partial charge >= 0.3 is 5.97 Å². The highest BCUT2D eigenvalue weighted by Gasteiger charge is 2.58. The van der Waals surface area contributed by atoms with Crippen molar-refractivity contribution in [1.82, 2.24) is 4.90 Å². The van der Waals surface area contributed by atoms with Gasteiger partial charge in [-0.1, -0.05) is 39.0 Å². The van der Waals surface area contributed by atoms with E-state index < -0.39 is 0 Å². The number of fused-ring (bicyclic) bond motifs is 3. The van der Waals surface area contributed by atoms with Crippen molar-refractivity contribution in [1.29, 1.82) is 0 Å². The van der Waals surface area contributed by atoms with Crippen LogP contribution < -0.4 is 0 Å². The molecule has 3 saturated carbocycles. The maximum Gasteiger partial charge on any atom is 0.343 e. The second-order valence-corrected chi connectivity index (χ2v) is 14.4. The number of carbonyl (C=O) groups excluding carboxylic acids is 1. The van der Waals surface area contributed by atoms with Gasteiger partial charge in [-0.05, 0) is 94.0 Å². The molecule has 40 heavy (non-hydrogen) atoms. The van der Waals surface area contributed by atoms with Crippen LogP contribution in [0.1, 0.15) is 110 Å². The molecular formula is C34H49NO5. The Bertz CT molecular complexity index is 1100. The zero-order valence-corrected chi connectivity index (χ0v) is 24.9. The van der Waals surface area contributed by atoms with Crippen molar-refractivity contribution in [2.24, 2.45) is 28.6 Å². The van der Waals surface area contributed by atoms with E-state index in [0.29, 0.717) is 39.9 Å². The third-order valence-corrected chi connectivity index (χ3v) is 12.7. The fourth-order valence-corrected chi connectivity index (χ4v) is 10.9. The van der Waals surface area contributed by atoms with Crippen molar-refractivity contribution < 1.29 is 24.1 Å². The summed E-state index contributed by atoms with van der Waals surface area (Å²) in [5, 5.41) is 12.1. The largest absolute Gasteiger partial charge is 0.492 e. The van der Waals surface area contributed by atoms with Crippen LogP contribution in [0.25, 0.3) is 0 Å². The maximum atomic E-state index is 12.4. The minimum atomic E-state index is -0.356. The van der Waals surface area contributed by atoms with Gasteiger partial charge in [-0.3, -0.25) is 4.90 Å². The number of allylic oxidation sites excluding steroid dienone is 1. The standard InChI is InChI=1S/C34H49NO5/c1-21-28-24-11-8-10-23(25(36)20-27-33(13-4-5-14-33)17-18-34(27)15-6-7-16-34)35(24)19-9-12-26(28)39-30(21)31-29(38-3)22(2)32(37)40-31/h12,21,23-25,27-28,36H,4-11,13-20H2,1-3H3. The first-order valence-electron chi connectivity index (χ1n) is 16.4. The lowest BCUT2D eigenvalue weighted by molar-refractivity contribution is -0.133. The van der Waals surface area contributed by atoms with E-state index in [9.17, 15) is 9.90 Å². The molecule has 0 radical (unpaired) electrons. The number of aliphatic hydroxyl groups is 1. The van der Waals surface area contributed by atoms with Crippen molar-refractivity contribution in [3.8, 4) is 0 Å². The summed E-state index contributed by atoms with van der Waals surface area (Å²) in [6, 6.07) is 0.543. The highest BCUT2D eigenvalue weighted by molar-refractivity contribution is 5.93. The van der Waals surface area contributed by atoms with E-state index >= 15 is 0 Å². The van der Waals surface area contributed by atoms with E-state index in [0.717, 1.165) is 50.2 Å². The Morgan fingerprint density at radius 3 is 2.35 bits per heavy atom. The fourth-order valence-electron chi connectivity index (χ4n) is 10.9. The second-order valence-electron chi connectivity index (χ2n) is 14.4. The minimum absolute atomic E-state index is 0.0740. The van der Waals surface area contributed by atoms with Crippen molar-refractivity contribution in [2.75, 3.05) is 13.7 Å². The van der Waals surface area contributed by atoms with Gasteiger partial charge in [-0.15, -0.1) is 0 Å². The highest BCUT2D eigenvalue weighted by Crippen LogP contribution is 2.67. The summed E-state index contributed by atoms with van der Waals surface area (Å²) < 4.78 is 17.8. The van der Waals surface area contributed by atoms with E-state index in [1.165, 1.54) is 64.2 Å². The molecule has 5 fully saturated rings. The van der Waals surface area contributed by atoms with Gasteiger partial charge in [0.25, 0.3) is 0 Å². The van der Waals surface area contributed by atoms with Gasteiger partial charge in [0.1, 0.15) is 5.76 Å². The third kappa shape index (κ3) is 4.06. The number of carbonyl (C=O) groups is 1. The smallest absolute Gasteiger partial charge is 0.343 e. The molecule has 7 rings (SSSR count). The predicted octanol–water partition coefficient (Wildman–Crippen LogP) is 6.75. The molecule has 0 aromatic heterocycles. The number of nitrogens with zero attached hydrogens (tertiary/aromatic N) is 1. The first-order chi connectivity index (χ1) is 19.4. The Morgan fingerprint density at radius 1 is 1.02 bits per heavy atom. The number of rotatable bonds is 4. The van der Waals surface area contributed by atoms with Gasteiger partial charge in [0.05, 0.1) is 18.8 Å². The van der Waals surface area contributed by atoms with Crippen molar-refractivity contribution in [2.45, 2.75) is 128 Å². The predicted molar refractivity (Wildman–Crippen MR) is 153 cm³/mol. The lowest BCUT2D eigenvalue weighted by Gasteiger charge is -2.48. The summed E-state index contributed by atoms with van der Waals surface area (Å²) in [5.74, 6) is 3.30. The molecule has 0 bridgehead atoms. The van der Waals surface area contributed by atoms with Crippen LogP contribution in [0, 0.1) is 28.6 Å². The van der Waals surface area contributed by atoms with Gasteiger partial charge in [-0.2, -0.15) is 0 Å². The summed E-state index contributed by atoms with van der Waals surface area (Å²) >= 11 is 0. The molecule has 2 saturated heterocycles. The molecule has 0 aromatic rings. The van der Waals surface area contributed by atoms with E-state index in [1.807, 2.05) is 0 Å². The lowest BCUT2D eigenvalue weighted by Crippen LogP contribution is -2.55. The fraction of sp³-hybridized carbons (Fsp3) is 0.794. The van der Waals surface area contributed by atoms with Crippen LogP contribution in [-0.2, 0) is 19.0 Å². The number of piperidine rings is 1. The molecule has 5 unspecified atom stereocenters. The average molecular weight is 552 g/mol. The SMILES string of the molecule is COC1=C(C)C(=O)OC1=C1OC2=CCCN3C(C(O)CC4C5(CCCC5)CCC45CCCC5)CCCC3C2C1C. The first-order valence-corrected chi connectivity index (χ1v) is 16.4. The number of hydrogen-bond acceptors (Lipinski definition) is 6. The molecule has 3 aliphatic carbocycles. The second kappa shape index (κ2) is 10.2. The Balaban J connectivity index is 1.14. The van der Waals surface area contributed by atoms with Gasteiger partial charge < -0.3 is 19.3 Å². The zero-order chi connectivity index (χ0) is 27.6. The normalized spacial score (nSPS) is 37.9. The van der Waals surface area contributed by atoms with E-state index in [2.05, 4.69) is 17.9 Å². The maximum absolute atomic E-state index is 12.4. The minimum Gasteiger partial charge on any atom is -0.492 e. The molecule has 0 aromatic carbocycles. The van der Waals surface area contributed by atoms with Crippen LogP contribution in [-0.4, -0.2) is 47.8 Å². The molecule has 4 heterocycles. The van der Waals surface area contributed by atoms with E-state index in [1.54, 1.807) is 14.0 Å². The molecule has 4 aliphatic heterocycles. The molecule has 5 atom stereocenters. The van der Waals surface area contributed by atoms with E-state index in [4.69, 9.17) is 14.2 Å². The van der Waals surface area contributed by atoms with Crippen LogP contribution in [0.5, 0.6) is 0 Å². The number of hydrogen-bond donors (Lipinski definition) is 1. The summed E-state index contributed by atoms with van der Waals surface area (Å²) in [6.07, 6.45) is 21.2. The number of cyclic esters (lactones) is 1. The van der Waals surface area contributed by atoms with Gasteiger partial charge in [0, 0.05) is 30.5 Å². The van der Waals surface area contributed by atoms with Gasteiger partial charge in [-0.25, -0.2) is 4.79 Å². The van der Waals surface area contributed by atoms with Crippen LogP contribution in [0.3, 0.4) is 0 Å². The molecule has 220 valence electrons. The molecule has 0 amide bonds. The third-order valence-electron chi connectivity index (χ3n) is 12.7. The molecular weight excluding hydrogens is 502 g/mol. The highest BCUT2D eigenvalue weighted by atomic mass is 16.6. The molecule has 6 heteroatoms. The van der Waals surface area contributed by atoms with Crippen molar-refractivity contribution >= 4 is 5.97 Å². The topological polar surface area (TPSA) is 68.2 Å². The number of aliphatic hydroxyl groups excluding tert-OH is 1. The first kappa shape index (κ1) is 27.1. The summed E-state index contributed by atoms with van der Waals surface area (Å²) in [6.45, 7) is 4.93. The quantitative estimate of drug-likeness (QED) is 0.390. The Kier molecular flexibility index (Phi) is 6.89. The summed E-state index contributed by atoms with van der Waals surface area (Å²) in [7, 11) is 1.59. The van der Waals surface area contributed by atoms with Gasteiger partial charge in [0.15, 0.2) is 11.5 Å². The molecule has 6 nitrogen and oxygen atoms in total. The zero-order valence-electron chi connectivity index (χ0n) is 24.9. The van der Waals surface area contributed by atoms with E-state index in [-0.39, 0.29) is 30.0 Å². The number of methoxy groups -OCH3 is 1. The number of ether oxygens (including phenoxy) is 3. The lowest BCUT2D eigenvalue weighted by atomic mass is 9.64. The average Bonchev–Trinajstić information content (AvgIpc) is 3.76. The Morgan fingerprint density at radius 2 is 1.70 bits per heavy atom. The summed E-state index contributed by atoms with van der Waals surface area (Å²) in [4.78, 5) is 15.0. The Labute approximate surface area is 240 Å². The molecule has 1 N–H and O–H groups in total. The van der Waals surface area contributed by atoms with Crippen LogP contribution in [0.4, 0.5) is 0 Å². The van der Waals surface area contributed by atoms with Crippen LogP contribution >= 0.6 is 0 Å². The molecule has 2 spiro atoms. The number of esters is 1. The monoisotopic (exact) mass is 551 g/mol. The van der Waals surface area contributed by atoms with Crippen LogP contribution in [0.2, 0.25) is 0 Å². The van der Waals surface area contributed by atoms with Crippen LogP contribution in [0.15, 0.2) is 34.7 Å². The Hall–Kier alpha value is -1.79. The van der Waals surface area contributed by atoms with Crippen molar-refractivity contribution in [3.63, 3.8) is 0 Å². The molecule has 7 aliphatic rings. The summed E-state index contributed by atoms with van der Waals surface area (Å²) in [5.41, 5.74) is 1.51. The van der Waals surface area contributed by atoms with Gasteiger partial charge in [0.2, 0.25) is 5.76 Å². The van der Waals surface area contributed by atoms with Crippen molar-refractivity contribution in [3.05, 3.63) is 34.7 Å².